The topological polar surface area (TPSA) is 32.7 Å². The van der Waals surface area contributed by atoms with Crippen LogP contribution in [0.25, 0.3) is 0 Å². The predicted octanol–water partition coefficient (Wildman–Crippen LogP) is 3.25. The molecule has 0 atom stereocenters. The first-order valence-corrected chi connectivity index (χ1v) is 6.89. The van der Waals surface area contributed by atoms with Crippen molar-refractivity contribution in [2.75, 3.05) is 26.2 Å². The largest absolute Gasteiger partial charge is 0.488 e. The first kappa shape index (κ1) is 16.9. The van der Waals surface area contributed by atoms with Gasteiger partial charge >= 0.3 is 0 Å². The molecule has 6 heteroatoms. The van der Waals surface area contributed by atoms with E-state index in [9.17, 15) is 0 Å². The van der Waals surface area contributed by atoms with E-state index in [2.05, 4.69) is 4.90 Å². The first-order valence-electron chi connectivity index (χ1n) is 6.14. The van der Waals surface area contributed by atoms with Gasteiger partial charge < -0.3 is 9.84 Å². The van der Waals surface area contributed by atoms with Crippen molar-refractivity contribution in [1.29, 1.82) is 0 Å². The lowest BCUT2D eigenvalue weighted by Crippen LogP contribution is -2.53. The lowest BCUT2D eigenvalue weighted by Gasteiger charge is -2.39. The quantitative estimate of drug-likeness (QED) is 0.815. The highest BCUT2D eigenvalue weighted by atomic mass is 35.5. The molecule has 0 unspecified atom stereocenters. The third-order valence-corrected chi connectivity index (χ3v) is 3.74. The minimum atomic E-state index is 0. The van der Waals surface area contributed by atoms with Gasteiger partial charge in [-0.05, 0) is 31.5 Å². The number of rotatable bonds is 6. The van der Waals surface area contributed by atoms with E-state index in [1.165, 1.54) is 0 Å². The van der Waals surface area contributed by atoms with Gasteiger partial charge in [0.2, 0.25) is 0 Å². The lowest BCUT2D eigenvalue weighted by atomic mass is 10.1. The molecule has 0 radical (unpaired) electrons. The molecule has 0 aliphatic carbocycles. The standard InChI is InChI=1S/C13H17Cl2NO2.ClH/c14-12-4-3-10(7-13(12)15)18-11-8-16(9-11)5-1-2-6-17;/h3-4,7,11,17H,1-2,5-6,8-9H2;1H. The second kappa shape index (κ2) is 8.18. The van der Waals surface area contributed by atoms with Crippen molar-refractivity contribution in [2.45, 2.75) is 18.9 Å². The van der Waals surface area contributed by atoms with Gasteiger partial charge in [0.25, 0.3) is 0 Å². The molecule has 0 saturated carbocycles. The van der Waals surface area contributed by atoms with Crippen LogP contribution < -0.4 is 4.74 Å². The Hall–Kier alpha value is -0.190. The van der Waals surface area contributed by atoms with Crippen LogP contribution >= 0.6 is 35.6 Å². The SMILES string of the molecule is Cl.OCCCCN1CC(Oc2ccc(Cl)c(Cl)c2)C1. The monoisotopic (exact) mass is 325 g/mol. The van der Waals surface area contributed by atoms with Crippen LogP contribution in [0.2, 0.25) is 10.0 Å². The highest BCUT2D eigenvalue weighted by Crippen LogP contribution is 2.27. The molecule has 0 spiro atoms. The molecule has 2 rings (SSSR count). The Bertz CT molecular complexity index is 397. The fraction of sp³-hybridized carbons (Fsp3) is 0.538. The van der Waals surface area contributed by atoms with Crippen LogP contribution in [0.1, 0.15) is 12.8 Å². The molecule has 19 heavy (non-hydrogen) atoms. The molecule has 1 aromatic rings. The smallest absolute Gasteiger partial charge is 0.124 e. The van der Waals surface area contributed by atoms with Crippen molar-refractivity contribution >= 4 is 35.6 Å². The summed E-state index contributed by atoms with van der Waals surface area (Å²) >= 11 is 11.8. The Kier molecular flexibility index (Phi) is 7.26. The zero-order chi connectivity index (χ0) is 13.0. The number of nitrogens with zero attached hydrogens (tertiary/aromatic N) is 1. The fourth-order valence-corrected chi connectivity index (χ4v) is 2.26. The van der Waals surface area contributed by atoms with Crippen LogP contribution in [-0.2, 0) is 0 Å². The van der Waals surface area contributed by atoms with Crippen molar-refractivity contribution in [1.82, 2.24) is 4.90 Å². The maximum absolute atomic E-state index is 8.70. The summed E-state index contributed by atoms with van der Waals surface area (Å²) in [7, 11) is 0. The molecule has 1 N–H and O–H groups in total. The molecule has 0 aromatic heterocycles. The zero-order valence-electron chi connectivity index (χ0n) is 10.5. The molecule has 0 bridgehead atoms. The van der Waals surface area contributed by atoms with Gasteiger partial charge in [-0.15, -0.1) is 12.4 Å². The number of halogens is 3. The van der Waals surface area contributed by atoms with Crippen molar-refractivity contribution in [3.8, 4) is 5.75 Å². The summed E-state index contributed by atoms with van der Waals surface area (Å²) in [5.41, 5.74) is 0. The minimum Gasteiger partial charge on any atom is -0.488 e. The van der Waals surface area contributed by atoms with E-state index in [0.717, 1.165) is 38.2 Å². The van der Waals surface area contributed by atoms with E-state index in [1.54, 1.807) is 12.1 Å². The number of unbranched alkanes of at least 4 members (excludes halogenated alkanes) is 1. The minimum absolute atomic E-state index is 0. The summed E-state index contributed by atoms with van der Waals surface area (Å²) < 4.78 is 5.79. The van der Waals surface area contributed by atoms with Gasteiger partial charge in [0.15, 0.2) is 0 Å². The number of aliphatic hydroxyl groups excluding tert-OH is 1. The highest BCUT2D eigenvalue weighted by Gasteiger charge is 2.27. The average Bonchev–Trinajstić information content (AvgIpc) is 2.30. The molecule has 1 aromatic carbocycles. The van der Waals surface area contributed by atoms with Crippen molar-refractivity contribution in [3.63, 3.8) is 0 Å². The van der Waals surface area contributed by atoms with Crippen LogP contribution in [0.15, 0.2) is 18.2 Å². The van der Waals surface area contributed by atoms with E-state index >= 15 is 0 Å². The molecule has 108 valence electrons. The maximum Gasteiger partial charge on any atom is 0.124 e. The van der Waals surface area contributed by atoms with Gasteiger partial charge in [0.1, 0.15) is 11.9 Å². The van der Waals surface area contributed by atoms with Gasteiger partial charge in [0, 0.05) is 25.8 Å². The van der Waals surface area contributed by atoms with E-state index in [-0.39, 0.29) is 25.1 Å². The Morgan fingerprint density at radius 1 is 1.21 bits per heavy atom. The normalized spacial score (nSPS) is 15.7. The summed E-state index contributed by atoms with van der Waals surface area (Å²) in [5, 5.41) is 9.76. The Morgan fingerprint density at radius 3 is 2.58 bits per heavy atom. The predicted molar refractivity (Wildman–Crippen MR) is 80.9 cm³/mol. The number of ether oxygens (including phenoxy) is 1. The summed E-state index contributed by atoms with van der Waals surface area (Å²) in [6.07, 6.45) is 2.14. The zero-order valence-corrected chi connectivity index (χ0v) is 12.8. The van der Waals surface area contributed by atoms with Crippen LogP contribution in [0, 0.1) is 0 Å². The number of benzene rings is 1. The van der Waals surface area contributed by atoms with E-state index < -0.39 is 0 Å². The summed E-state index contributed by atoms with van der Waals surface area (Å²) in [4.78, 5) is 2.32. The first-order chi connectivity index (χ1) is 8.69. The molecule has 1 heterocycles. The maximum atomic E-state index is 8.70. The number of hydrogen-bond acceptors (Lipinski definition) is 3. The highest BCUT2D eigenvalue weighted by molar-refractivity contribution is 6.42. The molecular formula is C13H18Cl3NO2. The molecule has 1 saturated heterocycles. The van der Waals surface area contributed by atoms with Crippen LogP contribution in [0.3, 0.4) is 0 Å². The van der Waals surface area contributed by atoms with Crippen LogP contribution in [0.4, 0.5) is 0 Å². The fourth-order valence-electron chi connectivity index (χ4n) is 1.97. The molecule has 1 aliphatic rings. The summed E-state index contributed by atoms with van der Waals surface area (Å²) in [6.45, 7) is 3.18. The van der Waals surface area contributed by atoms with Crippen LogP contribution in [0.5, 0.6) is 5.75 Å². The van der Waals surface area contributed by atoms with E-state index in [1.807, 2.05) is 6.07 Å². The van der Waals surface area contributed by atoms with Gasteiger partial charge in [-0.1, -0.05) is 23.2 Å². The van der Waals surface area contributed by atoms with Gasteiger partial charge in [-0.3, -0.25) is 4.90 Å². The lowest BCUT2D eigenvalue weighted by molar-refractivity contribution is 0.0185. The Balaban J connectivity index is 0.00000180. The third kappa shape index (κ3) is 5.01. The van der Waals surface area contributed by atoms with E-state index in [4.69, 9.17) is 33.0 Å². The van der Waals surface area contributed by atoms with E-state index in [0.29, 0.717) is 10.0 Å². The summed E-state index contributed by atoms with van der Waals surface area (Å²) in [5.74, 6) is 0.768. The number of aliphatic hydroxyl groups is 1. The second-order valence-electron chi connectivity index (χ2n) is 4.51. The van der Waals surface area contributed by atoms with Gasteiger partial charge in [0.05, 0.1) is 10.0 Å². The Morgan fingerprint density at radius 2 is 1.95 bits per heavy atom. The summed E-state index contributed by atoms with van der Waals surface area (Å²) in [6, 6.07) is 5.33. The Labute approximate surface area is 129 Å². The van der Waals surface area contributed by atoms with Crippen molar-refractivity contribution < 1.29 is 9.84 Å². The molecule has 1 fully saturated rings. The third-order valence-electron chi connectivity index (χ3n) is 3.00. The number of hydrogen-bond donors (Lipinski definition) is 1. The molecule has 1 aliphatic heterocycles. The van der Waals surface area contributed by atoms with Crippen LogP contribution in [-0.4, -0.2) is 42.4 Å². The van der Waals surface area contributed by atoms with Gasteiger partial charge in [-0.25, -0.2) is 0 Å². The van der Waals surface area contributed by atoms with Gasteiger partial charge in [-0.2, -0.15) is 0 Å². The molecular weight excluding hydrogens is 309 g/mol. The molecule has 0 amide bonds. The number of likely N-dealkylation sites (tertiary alicyclic amines) is 1. The van der Waals surface area contributed by atoms with Crippen molar-refractivity contribution in [2.24, 2.45) is 0 Å². The average molecular weight is 327 g/mol. The van der Waals surface area contributed by atoms with Crippen molar-refractivity contribution in [3.05, 3.63) is 28.2 Å². The second-order valence-corrected chi connectivity index (χ2v) is 5.32. The molecule has 3 nitrogen and oxygen atoms in total.